The van der Waals surface area contributed by atoms with Crippen molar-refractivity contribution in [1.29, 1.82) is 0 Å². The average molecular weight is 207 g/mol. The number of rotatable bonds is 4. The van der Waals surface area contributed by atoms with Gasteiger partial charge in [-0.2, -0.15) is 0 Å². The molecule has 1 aromatic heterocycles. The number of H-pyrrole nitrogens is 1. The summed E-state index contributed by atoms with van der Waals surface area (Å²) in [6, 6.07) is 1.70. The van der Waals surface area contributed by atoms with Gasteiger partial charge in [0, 0.05) is 24.4 Å². The molecule has 1 unspecified atom stereocenters. The average Bonchev–Trinajstić information content (AvgIpc) is 2.99. The highest BCUT2D eigenvalue weighted by molar-refractivity contribution is 5.14. The van der Waals surface area contributed by atoms with E-state index in [1.165, 1.54) is 0 Å². The Balaban J connectivity index is 2.19. The van der Waals surface area contributed by atoms with Crippen LogP contribution in [0.3, 0.4) is 0 Å². The van der Waals surface area contributed by atoms with Gasteiger partial charge in [-0.25, -0.2) is 4.98 Å². The van der Waals surface area contributed by atoms with Crippen LogP contribution in [-0.4, -0.2) is 16.0 Å². The number of hydrogen-bond acceptors (Lipinski definition) is 3. The van der Waals surface area contributed by atoms with Gasteiger partial charge in [-0.05, 0) is 19.3 Å². The molecule has 82 valence electrons. The smallest absolute Gasteiger partial charge is 0.251 e. The van der Waals surface area contributed by atoms with Gasteiger partial charge in [0.2, 0.25) is 0 Å². The van der Waals surface area contributed by atoms with Crippen molar-refractivity contribution in [1.82, 2.24) is 9.97 Å². The van der Waals surface area contributed by atoms with Crippen molar-refractivity contribution in [2.75, 3.05) is 0 Å². The van der Waals surface area contributed by atoms with Gasteiger partial charge >= 0.3 is 0 Å². The lowest BCUT2D eigenvalue weighted by Crippen LogP contribution is -2.24. The second-order valence-electron chi connectivity index (χ2n) is 4.26. The monoisotopic (exact) mass is 207 g/mol. The van der Waals surface area contributed by atoms with E-state index >= 15 is 0 Å². The molecule has 0 radical (unpaired) electrons. The zero-order valence-corrected chi connectivity index (χ0v) is 8.99. The van der Waals surface area contributed by atoms with Gasteiger partial charge in [-0.3, -0.25) is 4.79 Å². The van der Waals surface area contributed by atoms with Gasteiger partial charge in [0.25, 0.3) is 5.56 Å². The first-order chi connectivity index (χ1) is 7.19. The molecule has 1 saturated carbocycles. The second-order valence-corrected chi connectivity index (χ2v) is 4.26. The maximum absolute atomic E-state index is 11.4. The highest BCUT2D eigenvalue weighted by atomic mass is 16.1. The Kier molecular flexibility index (Phi) is 2.86. The largest absolute Gasteiger partial charge is 0.327 e. The summed E-state index contributed by atoms with van der Waals surface area (Å²) in [6.07, 6.45) is 3.88. The molecule has 1 aromatic rings. The Hall–Kier alpha value is -1.16. The van der Waals surface area contributed by atoms with Crippen molar-refractivity contribution in [2.45, 2.75) is 44.6 Å². The molecule has 2 rings (SSSR count). The first-order valence-corrected chi connectivity index (χ1v) is 5.54. The molecular weight excluding hydrogens is 190 g/mol. The van der Waals surface area contributed by atoms with E-state index in [0.29, 0.717) is 12.3 Å². The highest BCUT2D eigenvalue weighted by Crippen LogP contribution is 2.38. The van der Waals surface area contributed by atoms with Gasteiger partial charge in [0.05, 0.1) is 5.69 Å². The number of aromatic amines is 1. The van der Waals surface area contributed by atoms with E-state index in [9.17, 15) is 4.79 Å². The van der Waals surface area contributed by atoms with Crippen LogP contribution in [0.4, 0.5) is 0 Å². The molecule has 1 aliphatic rings. The fourth-order valence-corrected chi connectivity index (χ4v) is 1.61. The summed E-state index contributed by atoms with van der Waals surface area (Å²) in [7, 11) is 0. The molecule has 1 fully saturated rings. The van der Waals surface area contributed by atoms with Crippen LogP contribution in [0.1, 0.15) is 43.6 Å². The molecule has 0 spiro atoms. The van der Waals surface area contributed by atoms with E-state index in [2.05, 4.69) is 9.97 Å². The number of nitrogens with one attached hydrogen (secondary N) is 1. The molecule has 1 atom stereocenters. The third-order valence-corrected chi connectivity index (χ3v) is 2.79. The number of aromatic nitrogens is 2. The van der Waals surface area contributed by atoms with Gasteiger partial charge in [0.15, 0.2) is 0 Å². The van der Waals surface area contributed by atoms with E-state index in [-0.39, 0.29) is 11.6 Å². The van der Waals surface area contributed by atoms with Crippen molar-refractivity contribution in [2.24, 2.45) is 5.73 Å². The lowest BCUT2D eigenvalue weighted by Gasteiger charge is -2.08. The summed E-state index contributed by atoms with van der Waals surface area (Å²) in [4.78, 5) is 18.6. The molecule has 0 amide bonds. The third kappa shape index (κ3) is 2.65. The Morgan fingerprint density at radius 2 is 2.40 bits per heavy atom. The molecule has 0 bridgehead atoms. The van der Waals surface area contributed by atoms with Crippen LogP contribution in [-0.2, 0) is 6.42 Å². The van der Waals surface area contributed by atoms with Crippen LogP contribution in [0, 0.1) is 0 Å². The Morgan fingerprint density at radius 3 is 3.00 bits per heavy atom. The standard InChI is InChI=1S/C11H17N3O/c1-2-8(12)5-10-13-9(7-3-4-7)6-11(15)14-10/h6-8H,2-5,12H2,1H3,(H,13,14,15). The van der Waals surface area contributed by atoms with Gasteiger partial charge in [-0.1, -0.05) is 6.92 Å². The normalized spacial score (nSPS) is 17.7. The summed E-state index contributed by atoms with van der Waals surface area (Å²) in [6.45, 7) is 2.04. The lowest BCUT2D eigenvalue weighted by atomic mass is 10.1. The van der Waals surface area contributed by atoms with Gasteiger partial charge < -0.3 is 10.7 Å². The van der Waals surface area contributed by atoms with E-state index in [0.717, 1.165) is 30.8 Å². The molecule has 1 aliphatic carbocycles. The minimum atomic E-state index is -0.0507. The summed E-state index contributed by atoms with van der Waals surface area (Å²) in [5.74, 6) is 1.25. The molecule has 0 aliphatic heterocycles. The van der Waals surface area contributed by atoms with Gasteiger partial charge in [0.1, 0.15) is 5.82 Å². The minimum Gasteiger partial charge on any atom is -0.327 e. The zero-order valence-electron chi connectivity index (χ0n) is 8.99. The van der Waals surface area contributed by atoms with E-state index in [1.807, 2.05) is 6.92 Å². The fourth-order valence-electron chi connectivity index (χ4n) is 1.61. The maximum atomic E-state index is 11.4. The van der Waals surface area contributed by atoms with Crippen molar-refractivity contribution in [3.8, 4) is 0 Å². The van der Waals surface area contributed by atoms with Crippen molar-refractivity contribution in [3.05, 3.63) is 27.9 Å². The van der Waals surface area contributed by atoms with E-state index in [4.69, 9.17) is 5.73 Å². The molecular formula is C11H17N3O. The molecule has 0 aromatic carbocycles. The Morgan fingerprint density at radius 1 is 1.67 bits per heavy atom. The molecule has 4 heteroatoms. The second kappa shape index (κ2) is 4.14. The predicted molar refractivity (Wildman–Crippen MR) is 58.8 cm³/mol. The Bertz CT molecular complexity index is 395. The minimum absolute atomic E-state index is 0.0507. The Labute approximate surface area is 88.9 Å². The topological polar surface area (TPSA) is 71.8 Å². The van der Waals surface area contributed by atoms with Crippen LogP contribution in [0.15, 0.2) is 10.9 Å². The zero-order chi connectivity index (χ0) is 10.8. The van der Waals surface area contributed by atoms with Crippen molar-refractivity contribution < 1.29 is 0 Å². The summed E-state index contributed by atoms with van der Waals surface area (Å²) >= 11 is 0. The predicted octanol–water partition coefficient (Wildman–Crippen LogP) is 0.927. The SMILES string of the molecule is CCC(N)Cc1nc(C2CC2)cc(=O)[nH]1. The van der Waals surface area contributed by atoms with Crippen molar-refractivity contribution >= 4 is 0 Å². The highest BCUT2D eigenvalue weighted by Gasteiger charge is 2.25. The third-order valence-electron chi connectivity index (χ3n) is 2.79. The quantitative estimate of drug-likeness (QED) is 0.771. The first-order valence-electron chi connectivity index (χ1n) is 5.54. The van der Waals surface area contributed by atoms with Crippen LogP contribution in [0.5, 0.6) is 0 Å². The number of nitrogens with zero attached hydrogens (tertiary/aromatic N) is 1. The van der Waals surface area contributed by atoms with Crippen LogP contribution < -0.4 is 11.3 Å². The fraction of sp³-hybridized carbons (Fsp3) is 0.636. The molecule has 1 heterocycles. The summed E-state index contributed by atoms with van der Waals surface area (Å²) in [5, 5.41) is 0. The summed E-state index contributed by atoms with van der Waals surface area (Å²) < 4.78 is 0. The van der Waals surface area contributed by atoms with Crippen LogP contribution in [0.2, 0.25) is 0 Å². The molecule has 0 saturated heterocycles. The lowest BCUT2D eigenvalue weighted by molar-refractivity contribution is 0.620. The van der Waals surface area contributed by atoms with Crippen LogP contribution in [0.25, 0.3) is 0 Å². The number of hydrogen-bond donors (Lipinski definition) is 2. The molecule has 15 heavy (non-hydrogen) atoms. The van der Waals surface area contributed by atoms with Crippen LogP contribution >= 0.6 is 0 Å². The maximum Gasteiger partial charge on any atom is 0.251 e. The first kappa shape index (κ1) is 10.4. The van der Waals surface area contributed by atoms with Crippen molar-refractivity contribution in [3.63, 3.8) is 0 Å². The molecule has 3 N–H and O–H groups in total. The van der Waals surface area contributed by atoms with E-state index < -0.39 is 0 Å². The summed E-state index contributed by atoms with van der Waals surface area (Å²) in [5.41, 5.74) is 6.73. The number of nitrogens with two attached hydrogens (primary N) is 1. The van der Waals surface area contributed by atoms with E-state index in [1.54, 1.807) is 6.07 Å². The molecule has 4 nitrogen and oxygen atoms in total. The van der Waals surface area contributed by atoms with Gasteiger partial charge in [-0.15, -0.1) is 0 Å².